The second-order valence-electron chi connectivity index (χ2n) is 6.33. The van der Waals surface area contributed by atoms with Crippen LogP contribution in [0.2, 0.25) is 0 Å². The van der Waals surface area contributed by atoms with E-state index >= 15 is 0 Å². The fourth-order valence-corrected chi connectivity index (χ4v) is 2.77. The first-order chi connectivity index (χ1) is 13.2. The maximum absolute atomic E-state index is 12.1. The fraction of sp³-hybridized carbons (Fsp3) is 0.444. The number of β-amino-alcohol motifs (C(OH)–C–C–N with tert-alkyl or cyclic N) is 1. The van der Waals surface area contributed by atoms with Gasteiger partial charge >= 0.3 is 12.1 Å². The van der Waals surface area contributed by atoms with Crippen molar-refractivity contribution in [1.29, 1.82) is 0 Å². The van der Waals surface area contributed by atoms with E-state index in [0.717, 1.165) is 36.9 Å². The van der Waals surface area contributed by atoms with Gasteiger partial charge in [0.25, 0.3) is 5.91 Å². The van der Waals surface area contributed by atoms with Gasteiger partial charge in [-0.3, -0.25) is 9.69 Å². The molecule has 1 saturated heterocycles. The monoisotopic (exact) mass is 402 g/mol. The number of amides is 1. The van der Waals surface area contributed by atoms with Crippen molar-refractivity contribution in [3.05, 3.63) is 36.1 Å². The molecule has 1 aromatic carbocycles. The Bertz CT molecular complexity index is 806. The molecule has 2 heterocycles. The quantitative estimate of drug-likeness (QED) is 0.725. The van der Waals surface area contributed by atoms with Gasteiger partial charge in [0, 0.05) is 30.6 Å². The summed E-state index contributed by atoms with van der Waals surface area (Å²) >= 11 is 0. The molecule has 1 aliphatic heterocycles. The highest BCUT2D eigenvalue weighted by Crippen LogP contribution is 2.17. The number of likely N-dealkylation sites (tertiary alicyclic amines) is 1. The molecule has 2 aromatic rings. The topological polar surface area (TPSA) is 103 Å². The highest BCUT2D eigenvalue weighted by molar-refractivity contribution is 5.97. The molecule has 10 heteroatoms. The van der Waals surface area contributed by atoms with Gasteiger partial charge in [-0.1, -0.05) is 0 Å². The van der Waals surface area contributed by atoms with Gasteiger partial charge in [0.15, 0.2) is 0 Å². The number of nitrogens with one attached hydrogen (secondary N) is 1. The summed E-state index contributed by atoms with van der Waals surface area (Å²) in [4.78, 5) is 23.2. The standard InChI is InChI=1S/C16H20N2O3.C2HF3O2/c19-14-2-1-7-18(11-14)8-6-17-16(20)13-3-4-15-12(10-13)5-9-21-15;3-2(4,5)1(6)7/h3-5,9-10,14,19H,1-2,6-8,11H2,(H,17,20);(H,6,7). The van der Waals surface area contributed by atoms with E-state index in [1.807, 2.05) is 18.2 Å². The number of rotatable bonds is 4. The number of carbonyl (C=O) groups excluding carboxylic acids is 1. The summed E-state index contributed by atoms with van der Waals surface area (Å²) in [5.74, 6) is -2.83. The summed E-state index contributed by atoms with van der Waals surface area (Å²) < 4.78 is 37.0. The third kappa shape index (κ3) is 6.54. The van der Waals surface area contributed by atoms with E-state index < -0.39 is 12.1 Å². The third-order valence-electron chi connectivity index (χ3n) is 4.15. The number of hydrogen-bond acceptors (Lipinski definition) is 5. The van der Waals surface area contributed by atoms with E-state index in [2.05, 4.69) is 10.2 Å². The van der Waals surface area contributed by atoms with E-state index in [-0.39, 0.29) is 12.0 Å². The smallest absolute Gasteiger partial charge is 0.475 e. The molecule has 1 fully saturated rings. The van der Waals surface area contributed by atoms with E-state index in [1.165, 1.54) is 0 Å². The van der Waals surface area contributed by atoms with Crippen LogP contribution in [-0.4, -0.2) is 65.4 Å². The molecule has 7 nitrogen and oxygen atoms in total. The molecule has 1 aromatic heterocycles. The maximum atomic E-state index is 12.1. The van der Waals surface area contributed by atoms with Crippen LogP contribution < -0.4 is 5.32 Å². The predicted molar refractivity (Wildman–Crippen MR) is 93.9 cm³/mol. The molecule has 1 unspecified atom stereocenters. The SMILES string of the molecule is O=C(NCCN1CCCC(O)C1)c1ccc2occc2c1.O=C(O)C(F)(F)F. The number of hydrogen-bond donors (Lipinski definition) is 3. The summed E-state index contributed by atoms with van der Waals surface area (Å²) in [5.41, 5.74) is 1.43. The van der Waals surface area contributed by atoms with Crippen LogP contribution >= 0.6 is 0 Å². The average Bonchev–Trinajstić information content (AvgIpc) is 3.09. The van der Waals surface area contributed by atoms with Gasteiger partial charge in [-0.25, -0.2) is 4.79 Å². The van der Waals surface area contributed by atoms with Crippen LogP contribution in [0.15, 0.2) is 34.9 Å². The van der Waals surface area contributed by atoms with Crippen LogP contribution in [0.5, 0.6) is 0 Å². The largest absolute Gasteiger partial charge is 0.490 e. The molecule has 0 spiro atoms. The number of aliphatic hydroxyl groups excluding tert-OH is 1. The van der Waals surface area contributed by atoms with Crippen molar-refractivity contribution in [3.8, 4) is 0 Å². The molecule has 1 aliphatic rings. The number of piperidine rings is 1. The van der Waals surface area contributed by atoms with Crippen LogP contribution in [-0.2, 0) is 4.79 Å². The molecule has 0 aliphatic carbocycles. The van der Waals surface area contributed by atoms with Crippen molar-refractivity contribution in [3.63, 3.8) is 0 Å². The first-order valence-corrected chi connectivity index (χ1v) is 8.63. The number of aliphatic hydroxyl groups is 1. The minimum absolute atomic E-state index is 0.0735. The lowest BCUT2D eigenvalue weighted by Gasteiger charge is -2.29. The first kappa shape index (κ1) is 21.7. The van der Waals surface area contributed by atoms with Crippen LogP contribution in [0.4, 0.5) is 13.2 Å². The highest BCUT2D eigenvalue weighted by Gasteiger charge is 2.38. The van der Waals surface area contributed by atoms with Crippen molar-refractivity contribution in [2.75, 3.05) is 26.2 Å². The van der Waals surface area contributed by atoms with Crippen LogP contribution in [0.1, 0.15) is 23.2 Å². The molecule has 3 N–H and O–H groups in total. The molecule has 0 bridgehead atoms. The number of carboxylic acids is 1. The Morgan fingerprint density at radius 2 is 2.00 bits per heavy atom. The third-order valence-corrected chi connectivity index (χ3v) is 4.15. The zero-order valence-electron chi connectivity index (χ0n) is 14.9. The fourth-order valence-electron chi connectivity index (χ4n) is 2.77. The van der Waals surface area contributed by atoms with Gasteiger partial charge in [-0.15, -0.1) is 0 Å². The average molecular weight is 402 g/mol. The Kier molecular flexibility index (Phi) is 7.41. The number of carboxylic acid groups (broad SMARTS) is 1. The number of nitrogens with zero attached hydrogens (tertiary/aromatic N) is 1. The zero-order valence-corrected chi connectivity index (χ0v) is 14.9. The Balaban J connectivity index is 0.000000345. The lowest BCUT2D eigenvalue weighted by Crippen LogP contribution is -2.42. The highest BCUT2D eigenvalue weighted by atomic mass is 19.4. The van der Waals surface area contributed by atoms with Gasteiger partial charge < -0.3 is 19.9 Å². The van der Waals surface area contributed by atoms with Gasteiger partial charge in [0.05, 0.1) is 12.4 Å². The van der Waals surface area contributed by atoms with E-state index in [1.54, 1.807) is 12.3 Å². The zero-order chi connectivity index (χ0) is 20.7. The Morgan fingerprint density at radius 1 is 1.29 bits per heavy atom. The van der Waals surface area contributed by atoms with Crippen LogP contribution in [0, 0.1) is 0 Å². The molecule has 0 saturated carbocycles. The summed E-state index contributed by atoms with van der Waals surface area (Å²) in [6, 6.07) is 7.26. The number of aliphatic carboxylic acids is 1. The number of halogens is 3. The number of fused-ring (bicyclic) bond motifs is 1. The first-order valence-electron chi connectivity index (χ1n) is 8.63. The van der Waals surface area contributed by atoms with E-state index in [0.29, 0.717) is 18.7 Å². The van der Waals surface area contributed by atoms with Crippen LogP contribution in [0.3, 0.4) is 0 Å². The van der Waals surface area contributed by atoms with Crippen molar-refractivity contribution >= 4 is 22.8 Å². The summed E-state index contributed by atoms with van der Waals surface area (Å²) in [5, 5.41) is 20.6. The number of benzene rings is 1. The summed E-state index contributed by atoms with van der Waals surface area (Å²) in [6.45, 7) is 3.07. The Labute approximate surface area is 158 Å². The van der Waals surface area contributed by atoms with E-state index in [4.69, 9.17) is 14.3 Å². The predicted octanol–water partition coefficient (Wildman–Crippen LogP) is 2.25. The maximum Gasteiger partial charge on any atom is 0.490 e. The number of alkyl halides is 3. The molecule has 0 radical (unpaired) electrons. The van der Waals surface area contributed by atoms with Gasteiger partial charge in [0.2, 0.25) is 0 Å². The second kappa shape index (κ2) is 9.56. The lowest BCUT2D eigenvalue weighted by molar-refractivity contribution is -0.192. The molecule has 1 amide bonds. The van der Waals surface area contributed by atoms with Gasteiger partial charge in [-0.2, -0.15) is 13.2 Å². The van der Waals surface area contributed by atoms with Gasteiger partial charge in [-0.05, 0) is 43.7 Å². The Morgan fingerprint density at radius 3 is 2.64 bits per heavy atom. The van der Waals surface area contributed by atoms with Crippen molar-refractivity contribution in [2.24, 2.45) is 0 Å². The molecule has 1 atom stereocenters. The summed E-state index contributed by atoms with van der Waals surface area (Å²) in [7, 11) is 0. The molecule has 154 valence electrons. The minimum Gasteiger partial charge on any atom is -0.475 e. The number of furan rings is 1. The lowest BCUT2D eigenvalue weighted by atomic mass is 10.1. The van der Waals surface area contributed by atoms with Crippen molar-refractivity contribution in [1.82, 2.24) is 10.2 Å². The van der Waals surface area contributed by atoms with Crippen molar-refractivity contribution < 1.29 is 37.4 Å². The summed E-state index contributed by atoms with van der Waals surface area (Å²) in [6.07, 6.45) is -1.79. The molecule has 28 heavy (non-hydrogen) atoms. The van der Waals surface area contributed by atoms with E-state index in [9.17, 15) is 23.1 Å². The van der Waals surface area contributed by atoms with Crippen LogP contribution in [0.25, 0.3) is 11.0 Å². The van der Waals surface area contributed by atoms with Crippen molar-refractivity contribution in [2.45, 2.75) is 25.1 Å². The minimum atomic E-state index is -5.08. The Hall–Kier alpha value is -2.59. The molecular weight excluding hydrogens is 381 g/mol. The number of carbonyl (C=O) groups is 2. The molecule has 3 rings (SSSR count). The van der Waals surface area contributed by atoms with Gasteiger partial charge in [0.1, 0.15) is 5.58 Å². The molecular formula is C18H21F3N2O5. The normalized spacial score (nSPS) is 17.6. The second-order valence-corrected chi connectivity index (χ2v) is 6.33.